The molecule has 1 aromatic heterocycles. The van der Waals surface area contributed by atoms with Crippen LogP contribution in [0.5, 0.6) is 5.75 Å². The van der Waals surface area contributed by atoms with Gasteiger partial charge >= 0.3 is 0 Å². The summed E-state index contributed by atoms with van der Waals surface area (Å²) in [6.45, 7) is 3.23. The van der Waals surface area contributed by atoms with E-state index in [0.29, 0.717) is 0 Å². The molecule has 1 aliphatic carbocycles. The molecule has 100 valence electrons. The van der Waals surface area contributed by atoms with Crippen molar-refractivity contribution < 1.29 is 4.74 Å². The van der Waals surface area contributed by atoms with Crippen LogP contribution in [0.25, 0.3) is 10.4 Å². The van der Waals surface area contributed by atoms with Crippen molar-refractivity contribution in [2.75, 3.05) is 7.11 Å². The Kier molecular flexibility index (Phi) is 3.58. The van der Waals surface area contributed by atoms with Crippen LogP contribution in [0.4, 0.5) is 0 Å². The van der Waals surface area contributed by atoms with Crippen molar-refractivity contribution in [3.05, 3.63) is 40.8 Å². The van der Waals surface area contributed by atoms with E-state index in [4.69, 9.17) is 4.74 Å². The van der Waals surface area contributed by atoms with Gasteiger partial charge in [-0.25, -0.2) is 0 Å². The number of rotatable bonds is 5. The monoisotopic (exact) mass is 273 g/mol. The Bertz CT molecular complexity index is 555. The van der Waals surface area contributed by atoms with Crippen LogP contribution in [0.1, 0.15) is 24.0 Å². The summed E-state index contributed by atoms with van der Waals surface area (Å²) in [6, 6.07) is 9.09. The molecule has 0 radical (unpaired) electrons. The topological polar surface area (TPSA) is 21.3 Å². The number of nitrogens with one attached hydrogen (secondary N) is 1. The van der Waals surface area contributed by atoms with Gasteiger partial charge in [-0.1, -0.05) is 0 Å². The van der Waals surface area contributed by atoms with Gasteiger partial charge in [0.2, 0.25) is 0 Å². The van der Waals surface area contributed by atoms with Crippen LogP contribution < -0.4 is 10.1 Å². The van der Waals surface area contributed by atoms with Crippen LogP contribution in [-0.4, -0.2) is 13.2 Å². The second-order valence-corrected chi connectivity index (χ2v) is 5.98. The summed E-state index contributed by atoms with van der Waals surface area (Å²) in [5.74, 6) is 0.911. The Labute approximate surface area is 118 Å². The van der Waals surface area contributed by atoms with E-state index in [1.165, 1.54) is 34.4 Å². The highest BCUT2D eigenvalue weighted by molar-refractivity contribution is 7.14. The van der Waals surface area contributed by atoms with Crippen molar-refractivity contribution >= 4 is 11.3 Å². The van der Waals surface area contributed by atoms with E-state index in [9.17, 15) is 0 Å². The average molecular weight is 273 g/mol. The molecule has 0 spiro atoms. The maximum atomic E-state index is 5.21. The van der Waals surface area contributed by atoms with Gasteiger partial charge in [0.15, 0.2) is 0 Å². The van der Waals surface area contributed by atoms with Crippen LogP contribution in [0.2, 0.25) is 0 Å². The maximum absolute atomic E-state index is 5.21. The molecule has 19 heavy (non-hydrogen) atoms. The van der Waals surface area contributed by atoms with Crippen molar-refractivity contribution in [2.24, 2.45) is 0 Å². The van der Waals surface area contributed by atoms with Crippen LogP contribution in [0, 0.1) is 6.92 Å². The second-order valence-electron chi connectivity index (χ2n) is 5.10. The Morgan fingerprint density at radius 1 is 1.26 bits per heavy atom. The lowest BCUT2D eigenvalue weighted by atomic mass is 10.1. The normalized spacial score (nSPS) is 14.6. The number of methoxy groups -OCH3 is 1. The molecule has 2 aromatic rings. The van der Waals surface area contributed by atoms with E-state index in [2.05, 4.69) is 29.8 Å². The van der Waals surface area contributed by atoms with Crippen molar-refractivity contribution in [2.45, 2.75) is 32.4 Å². The van der Waals surface area contributed by atoms with E-state index < -0.39 is 0 Å². The molecular formula is C16H19NOS. The largest absolute Gasteiger partial charge is 0.497 e. The van der Waals surface area contributed by atoms with E-state index in [0.717, 1.165) is 18.3 Å². The van der Waals surface area contributed by atoms with Gasteiger partial charge in [-0.15, -0.1) is 11.3 Å². The number of hydrogen-bond acceptors (Lipinski definition) is 3. The molecule has 1 aromatic carbocycles. The van der Waals surface area contributed by atoms with Gasteiger partial charge in [-0.3, -0.25) is 0 Å². The highest BCUT2D eigenvalue weighted by Gasteiger charge is 2.20. The first-order valence-electron chi connectivity index (χ1n) is 6.72. The fraction of sp³-hybridized carbons (Fsp3) is 0.375. The van der Waals surface area contributed by atoms with Crippen molar-refractivity contribution in [1.82, 2.24) is 5.32 Å². The molecule has 0 bridgehead atoms. The fourth-order valence-electron chi connectivity index (χ4n) is 2.20. The number of thiophene rings is 1. The minimum absolute atomic E-state index is 0.767. The predicted octanol–water partition coefficient (Wildman–Crippen LogP) is 3.98. The second kappa shape index (κ2) is 5.35. The number of ether oxygens (including phenoxy) is 1. The highest BCUT2D eigenvalue weighted by atomic mass is 32.1. The van der Waals surface area contributed by atoms with Crippen LogP contribution in [-0.2, 0) is 6.54 Å². The Balaban J connectivity index is 1.79. The van der Waals surface area contributed by atoms with Crippen LogP contribution >= 0.6 is 11.3 Å². The summed E-state index contributed by atoms with van der Waals surface area (Å²) in [4.78, 5) is 1.37. The van der Waals surface area contributed by atoms with Gasteiger partial charge in [0.25, 0.3) is 0 Å². The van der Waals surface area contributed by atoms with Crippen molar-refractivity contribution in [3.63, 3.8) is 0 Å². The zero-order valence-corrected chi connectivity index (χ0v) is 12.2. The van der Waals surface area contributed by atoms with Gasteiger partial charge in [-0.05, 0) is 66.1 Å². The maximum Gasteiger partial charge on any atom is 0.118 e. The minimum atomic E-state index is 0.767. The summed E-state index contributed by atoms with van der Waals surface area (Å²) < 4.78 is 5.21. The lowest BCUT2D eigenvalue weighted by Gasteiger charge is -2.05. The highest BCUT2D eigenvalue weighted by Crippen LogP contribution is 2.33. The van der Waals surface area contributed by atoms with Gasteiger partial charge in [0, 0.05) is 17.5 Å². The number of hydrogen-bond donors (Lipinski definition) is 1. The van der Waals surface area contributed by atoms with E-state index in [1.54, 1.807) is 7.11 Å². The van der Waals surface area contributed by atoms with Crippen LogP contribution in [0.15, 0.2) is 29.6 Å². The summed E-state index contributed by atoms with van der Waals surface area (Å²) in [6.07, 6.45) is 2.68. The smallest absolute Gasteiger partial charge is 0.118 e. The van der Waals surface area contributed by atoms with Crippen molar-refractivity contribution in [3.8, 4) is 16.2 Å². The first-order valence-corrected chi connectivity index (χ1v) is 7.60. The molecule has 0 aliphatic heterocycles. The fourth-order valence-corrected chi connectivity index (χ4v) is 3.30. The minimum Gasteiger partial charge on any atom is -0.497 e. The standard InChI is InChI=1S/C16H19NOS/c1-11-13(9-17-14-5-6-14)10-19-16(11)12-3-7-15(18-2)8-4-12/h3-4,7-8,10,14,17H,5-6,9H2,1-2H3. The SMILES string of the molecule is COc1ccc(-c2scc(CNC3CC3)c2C)cc1. The first kappa shape index (κ1) is 12.7. The third-order valence-corrected chi connectivity index (χ3v) is 4.83. The Morgan fingerprint density at radius 3 is 2.63 bits per heavy atom. The van der Waals surface area contributed by atoms with Crippen molar-refractivity contribution in [1.29, 1.82) is 0 Å². The Morgan fingerprint density at radius 2 is 2.00 bits per heavy atom. The lowest BCUT2D eigenvalue weighted by Crippen LogP contribution is -2.15. The Hall–Kier alpha value is -1.32. The van der Waals surface area contributed by atoms with Gasteiger partial charge in [-0.2, -0.15) is 0 Å². The molecule has 0 atom stereocenters. The molecule has 2 nitrogen and oxygen atoms in total. The quantitative estimate of drug-likeness (QED) is 0.889. The number of benzene rings is 1. The third kappa shape index (κ3) is 2.82. The van der Waals surface area contributed by atoms with E-state index in [1.807, 2.05) is 23.5 Å². The average Bonchev–Trinajstić information content (AvgIpc) is 3.20. The molecule has 0 unspecified atom stereocenters. The zero-order valence-electron chi connectivity index (χ0n) is 11.4. The molecule has 0 amide bonds. The van der Waals surface area contributed by atoms with Crippen LogP contribution in [0.3, 0.4) is 0 Å². The molecule has 1 aliphatic rings. The first-order chi connectivity index (χ1) is 9.28. The predicted molar refractivity (Wildman–Crippen MR) is 80.9 cm³/mol. The molecule has 0 saturated heterocycles. The molecule has 1 N–H and O–H groups in total. The molecule has 3 rings (SSSR count). The molecule has 1 fully saturated rings. The third-order valence-electron chi connectivity index (χ3n) is 3.65. The molecular weight excluding hydrogens is 254 g/mol. The molecule has 3 heteroatoms. The van der Waals surface area contributed by atoms with Gasteiger partial charge < -0.3 is 10.1 Å². The molecule has 1 saturated carbocycles. The lowest BCUT2D eigenvalue weighted by molar-refractivity contribution is 0.415. The van der Waals surface area contributed by atoms with E-state index >= 15 is 0 Å². The molecule has 1 heterocycles. The summed E-state index contributed by atoms with van der Waals surface area (Å²) in [7, 11) is 1.70. The summed E-state index contributed by atoms with van der Waals surface area (Å²) in [5.41, 5.74) is 4.12. The van der Waals surface area contributed by atoms with E-state index in [-0.39, 0.29) is 0 Å². The summed E-state index contributed by atoms with van der Waals surface area (Å²) in [5, 5.41) is 5.87. The summed E-state index contributed by atoms with van der Waals surface area (Å²) >= 11 is 1.83. The zero-order chi connectivity index (χ0) is 13.2. The van der Waals surface area contributed by atoms with Gasteiger partial charge in [0.1, 0.15) is 5.75 Å². The van der Waals surface area contributed by atoms with Gasteiger partial charge in [0.05, 0.1) is 7.11 Å².